The van der Waals surface area contributed by atoms with Crippen LogP contribution in [0.25, 0.3) is 0 Å². The number of carbonyl (C=O) groups excluding carboxylic acids is 1. The molecule has 0 amide bonds. The molecule has 2 nitrogen and oxygen atoms in total. The number of rotatable bonds is 2. The first-order valence-electron chi connectivity index (χ1n) is 2.64. The molecule has 0 spiro atoms. The average Bonchev–Trinajstić information content (AvgIpc) is 2.19. The Morgan fingerprint density at radius 1 is 1.75 bits per heavy atom. The van der Waals surface area contributed by atoms with E-state index in [0.717, 1.165) is 25.1 Å². The van der Waals surface area contributed by atoms with Crippen LogP contribution >= 0.6 is 11.8 Å². The van der Waals surface area contributed by atoms with Gasteiger partial charge in [-0.25, -0.2) is 0 Å². The molecule has 1 atom stereocenters. The van der Waals surface area contributed by atoms with E-state index in [-0.39, 0.29) is 5.44 Å². The average molecular weight is 132 g/mol. The third-order valence-corrected chi connectivity index (χ3v) is 1.88. The SMILES string of the molecule is O=CS[C@@H]1CCCO1. The molecule has 0 aromatic carbocycles. The van der Waals surface area contributed by atoms with Crippen LogP contribution < -0.4 is 0 Å². The standard InChI is InChI=1S/C5H8O2S/c6-4-8-5-2-1-3-7-5/h4-5H,1-3H2/t5-/m1/s1. The van der Waals surface area contributed by atoms with Crippen molar-refractivity contribution in [3.05, 3.63) is 0 Å². The van der Waals surface area contributed by atoms with Crippen LogP contribution in [0.4, 0.5) is 0 Å². The third kappa shape index (κ3) is 1.49. The minimum atomic E-state index is 0.160. The van der Waals surface area contributed by atoms with Crippen molar-refractivity contribution in [1.29, 1.82) is 0 Å². The van der Waals surface area contributed by atoms with Crippen molar-refractivity contribution in [1.82, 2.24) is 0 Å². The number of hydrogen-bond donors (Lipinski definition) is 0. The van der Waals surface area contributed by atoms with Gasteiger partial charge in [0.05, 0.1) is 0 Å². The van der Waals surface area contributed by atoms with E-state index < -0.39 is 0 Å². The van der Waals surface area contributed by atoms with E-state index in [1.54, 1.807) is 0 Å². The number of carbonyl (C=O) groups is 1. The summed E-state index contributed by atoms with van der Waals surface area (Å²) in [7, 11) is 0. The molecule has 1 saturated heterocycles. The first-order valence-corrected chi connectivity index (χ1v) is 3.58. The molecule has 0 radical (unpaired) electrons. The lowest BCUT2D eigenvalue weighted by molar-refractivity contribution is 0.174. The molecule has 0 saturated carbocycles. The van der Waals surface area contributed by atoms with Crippen LogP contribution in [-0.4, -0.2) is 17.7 Å². The van der Waals surface area contributed by atoms with E-state index in [4.69, 9.17) is 4.74 Å². The summed E-state index contributed by atoms with van der Waals surface area (Å²) >= 11 is 1.24. The smallest absolute Gasteiger partial charge is 0.178 e. The fourth-order valence-corrected chi connectivity index (χ4v) is 1.32. The minimum Gasteiger partial charge on any atom is -0.367 e. The van der Waals surface area contributed by atoms with Crippen molar-refractivity contribution in [2.45, 2.75) is 18.3 Å². The Balaban J connectivity index is 2.14. The van der Waals surface area contributed by atoms with Crippen LogP contribution in [0.1, 0.15) is 12.8 Å². The lowest BCUT2D eigenvalue weighted by atomic mass is 10.4. The van der Waals surface area contributed by atoms with Gasteiger partial charge in [0.2, 0.25) is 0 Å². The van der Waals surface area contributed by atoms with E-state index in [9.17, 15) is 4.79 Å². The second-order valence-electron chi connectivity index (χ2n) is 1.67. The highest BCUT2D eigenvalue weighted by atomic mass is 32.2. The largest absolute Gasteiger partial charge is 0.367 e. The van der Waals surface area contributed by atoms with Gasteiger partial charge in [-0.2, -0.15) is 0 Å². The van der Waals surface area contributed by atoms with Gasteiger partial charge in [0.15, 0.2) is 5.62 Å². The summed E-state index contributed by atoms with van der Waals surface area (Å²) in [5.41, 5.74) is 1.00. The van der Waals surface area contributed by atoms with Gasteiger partial charge >= 0.3 is 0 Å². The molecule has 1 aliphatic heterocycles. The predicted molar refractivity (Wildman–Crippen MR) is 33.3 cm³/mol. The second-order valence-corrected chi connectivity index (χ2v) is 2.67. The summed E-state index contributed by atoms with van der Waals surface area (Å²) in [6, 6.07) is 0. The van der Waals surface area contributed by atoms with Crippen LogP contribution in [0.2, 0.25) is 0 Å². The molecule has 1 rings (SSSR count). The van der Waals surface area contributed by atoms with Gasteiger partial charge in [-0.15, -0.1) is 0 Å². The van der Waals surface area contributed by atoms with Crippen molar-refractivity contribution < 1.29 is 9.53 Å². The molecule has 0 aromatic heterocycles. The zero-order valence-electron chi connectivity index (χ0n) is 4.50. The van der Waals surface area contributed by atoms with Crippen molar-refractivity contribution >= 4 is 17.4 Å². The molecule has 1 aliphatic rings. The number of hydrogen-bond acceptors (Lipinski definition) is 3. The summed E-state index contributed by atoms with van der Waals surface area (Å²) in [6.45, 7) is 0.825. The van der Waals surface area contributed by atoms with E-state index in [2.05, 4.69) is 0 Å². The normalized spacial score (nSPS) is 28.2. The minimum absolute atomic E-state index is 0.160. The monoisotopic (exact) mass is 132 g/mol. The number of ether oxygens (including phenoxy) is 1. The maximum absolute atomic E-state index is 9.84. The third-order valence-electron chi connectivity index (χ3n) is 1.10. The summed E-state index contributed by atoms with van der Waals surface area (Å²) in [4.78, 5) is 9.84. The summed E-state index contributed by atoms with van der Waals surface area (Å²) in [5, 5.41) is 0. The Bertz CT molecular complexity index is 78.5. The zero-order valence-corrected chi connectivity index (χ0v) is 5.32. The van der Waals surface area contributed by atoms with Gasteiger partial charge in [0.1, 0.15) is 5.44 Å². The Morgan fingerprint density at radius 2 is 2.62 bits per heavy atom. The predicted octanol–water partition coefficient (Wildman–Crippen LogP) is 1.05. The molecule has 46 valence electrons. The van der Waals surface area contributed by atoms with E-state index in [0.29, 0.717) is 0 Å². The molecule has 0 aromatic rings. The zero-order chi connectivity index (χ0) is 5.82. The Labute approximate surface area is 52.6 Å². The van der Waals surface area contributed by atoms with Crippen LogP contribution in [0.3, 0.4) is 0 Å². The summed E-state index contributed by atoms with van der Waals surface area (Å²) < 4.78 is 5.13. The van der Waals surface area contributed by atoms with Gasteiger partial charge in [-0.3, -0.25) is 4.79 Å². The van der Waals surface area contributed by atoms with E-state index >= 15 is 0 Å². The van der Waals surface area contributed by atoms with Crippen LogP contribution in [0.15, 0.2) is 0 Å². The topological polar surface area (TPSA) is 26.3 Å². The van der Waals surface area contributed by atoms with Crippen LogP contribution in [0.5, 0.6) is 0 Å². The van der Waals surface area contributed by atoms with Crippen LogP contribution in [-0.2, 0) is 9.53 Å². The van der Waals surface area contributed by atoms with E-state index in [1.165, 1.54) is 11.8 Å². The Kier molecular flexibility index (Phi) is 2.36. The van der Waals surface area contributed by atoms with Crippen molar-refractivity contribution in [3.8, 4) is 0 Å². The van der Waals surface area contributed by atoms with Gasteiger partial charge < -0.3 is 4.74 Å². The first kappa shape index (κ1) is 6.11. The molecule has 0 unspecified atom stereocenters. The molecule has 0 N–H and O–H groups in total. The fraction of sp³-hybridized carbons (Fsp3) is 0.800. The second kappa shape index (κ2) is 3.10. The maximum atomic E-state index is 9.84. The fourth-order valence-electron chi connectivity index (χ4n) is 0.717. The Morgan fingerprint density at radius 3 is 3.12 bits per heavy atom. The quantitative estimate of drug-likeness (QED) is 0.525. The molecular formula is C5H8O2S. The first-order chi connectivity index (χ1) is 3.93. The molecule has 8 heavy (non-hydrogen) atoms. The highest BCUT2D eigenvalue weighted by molar-refractivity contribution is 8.12. The Hall–Kier alpha value is -0.0200. The summed E-state index contributed by atoms with van der Waals surface area (Å²) in [6.07, 6.45) is 2.13. The molecular weight excluding hydrogens is 124 g/mol. The van der Waals surface area contributed by atoms with Crippen molar-refractivity contribution in [3.63, 3.8) is 0 Å². The maximum Gasteiger partial charge on any atom is 0.178 e. The van der Waals surface area contributed by atoms with Gasteiger partial charge in [-0.1, -0.05) is 11.8 Å². The lowest BCUT2D eigenvalue weighted by Crippen LogP contribution is -1.96. The highest BCUT2D eigenvalue weighted by Crippen LogP contribution is 2.20. The molecule has 3 heteroatoms. The van der Waals surface area contributed by atoms with Gasteiger partial charge in [0, 0.05) is 6.61 Å². The van der Waals surface area contributed by atoms with Crippen LogP contribution in [0, 0.1) is 0 Å². The molecule has 1 heterocycles. The lowest BCUT2D eigenvalue weighted by Gasteiger charge is -1.99. The molecule has 0 aliphatic carbocycles. The van der Waals surface area contributed by atoms with E-state index in [1.807, 2.05) is 0 Å². The summed E-state index contributed by atoms with van der Waals surface area (Å²) in [5.74, 6) is 0. The van der Waals surface area contributed by atoms with Crippen molar-refractivity contribution in [2.24, 2.45) is 0 Å². The molecule has 1 fully saturated rings. The van der Waals surface area contributed by atoms with Crippen molar-refractivity contribution in [2.75, 3.05) is 6.61 Å². The van der Waals surface area contributed by atoms with Gasteiger partial charge in [-0.05, 0) is 12.8 Å². The highest BCUT2D eigenvalue weighted by Gasteiger charge is 2.14. The molecule has 0 bridgehead atoms. The van der Waals surface area contributed by atoms with Gasteiger partial charge in [0.25, 0.3) is 0 Å². The number of thioether (sulfide) groups is 1.